The van der Waals surface area contributed by atoms with E-state index in [4.69, 9.17) is 0 Å². The summed E-state index contributed by atoms with van der Waals surface area (Å²) >= 11 is 0. The van der Waals surface area contributed by atoms with Crippen LogP contribution in [-0.4, -0.2) is 134 Å². The van der Waals surface area contributed by atoms with Crippen LogP contribution in [0.1, 0.15) is 45.9 Å². The minimum absolute atomic E-state index is 0.0421. The van der Waals surface area contributed by atoms with Gasteiger partial charge in [0, 0.05) is 76.6 Å². The third kappa shape index (κ3) is 29.8. The van der Waals surface area contributed by atoms with Gasteiger partial charge in [0.2, 0.25) is 23.6 Å². The minimum Gasteiger partial charge on any atom is -0.325 e. The lowest BCUT2D eigenvalue weighted by Gasteiger charge is -2.25. The molecule has 12 amide bonds. The summed E-state index contributed by atoms with van der Waals surface area (Å²) in [5, 5.41) is 10.1. The smallest absolute Gasteiger partial charge is 0.325 e. The second-order valence-corrected chi connectivity index (χ2v) is 35.9. The van der Waals surface area contributed by atoms with Gasteiger partial charge in [-0.15, -0.1) is 0 Å². The van der Waals surface area contributed by atoms with Gasteiger partial charge in [0.25, 0.3) is 40.1 Å². The van der Waals surface area contributed by atoms with E-state index in [9.17, 15) is 72.0 Å². The van der Waals surface area contributed by atoms with E-state index in [0.717, 1.165) is 45.4 Å². The van der Waals surface area contributed by atoms with Gasteiger partial charge in [-0.25, -0.2) is 71.7 Å². The fourth-order valence-electron chi connectivity index (χ4n) is 12.8. The topological polar surface area (TPSA) is 382 Å². The molecule has 28 nitrogen and oxygen atoms in total. The van der Waals surface area contributed by atoms with Crippen molar-refractivity contribution in [3.05, 3.63) is 385 Å². The number of benzene rings is 12. The summed E-state index contributed by atoms with van der Waals surface area (Å²) in [6, 6.07) is 90.7. The van der Waals surface area contributed by atoms with Gasteiger partial charge >= 0.3 is 24.1 Å². The number of sulfonamides is 4. The molecule has 12 aromatic carbocycles. The summed E-state index contributed by atoms with van der Waals surface area (Å²) in [6.45, 7) is 5.89. The van der Waals surface area contributed by atoms with Crippen LogP contribution in [0.15, 0.2) is 365 Å². The Balaban J connectivity index is 0.000000193. The maximum atomic E-state index is 13.4. The lowest BCUT2D eigenvalue weighted by atomic mass is 10.0. The Morgan fingerprint density at radius 3 is 0.711 bits per heavy atom. The van der Waals surface area contributed by atoms with Crippen LogP contribution in [0.4, 0.5) is 41.9 Å². The van der Waals surface area contributed by atoms with Crippen molar-refractivity contribution in [2.24, 2.45) is 0 Å². The average molecular weight is 1810 g/mol. The third-order valence-electron chi connectivity index (χ3n) is 19.6. The van der Waals surface area contributed by atoms with Crippen LogP contribution in [0.25, 0.3) is 0 Å². The second kappa shape index (κ2) is 46.9. The van der Waals surface area contributed by atoms with Gasteiger partial charge in [0.1, 0.15) is 24.2 Å². The zero-order valence-electron chi connectivity index (χ0n) is 71.2. The Bertz CT molecular complexity index is 6180. The number of likely N-dealkylation sites (N-methyl/N-ethyl adjacent to an activating group) is 4. The molecule has 0 spiro atoms. The molecule has 128 heavy (non-hydrogen) atoms. The summed E-state index contributed by atoms with van der Waals surface area (Å²) in [5.41, 5.74) is 9.12. The number of rotatable bonds is 29. The highest BCUT2D eigenvalue weighted by Crippen LogP contribution is 2.23. The number of hydrogen-bond acceptors (Lipinski definition) is 16. The van der Waals surface area contributed by atoms with Crippen LogP contribution < -0.4 is 59.8 Å². The largest absolute Gasteiger partial charge is 0.329 e. The van der Waals surface area contributed by atoms with Crippen molar-refractivity contribution in [3.8, 4) is 0 Å². The molecule has 4 atom stereocenters. The normalized spacial score (nSPS) is 11.9. The van der Waals surface area contributed by atoms with E-state index in [1.165, 1.54) is 68.1 Å². The van der Waals surface area contributed by atoms with Crippen LogP contribution in [0, 0.1) is 13.8 Å². The molecule has 0 saturated heterocycles. The SMILES string of the molecule is CCc1cccc(N(C)C(=O)[C@H](Cc2ccccc2)NC(=O)NS(=O)(=O)c2ccccc2)c1.CN(C(=O)[C@H](Cc1ccccc1)NC(=O)NS(=O)(=O)c1ccccc1)c1ccccc1.Cc1ccc(N(C)C(=O)[C@H](Cc2ccccc2)NC(=O)NS(=O)(=O)c2ccccc2)cc1.Cc1cccc(N(C)C(=O)[C@H](Cc2ccccc2)NC(=O)NS(=O)(=O)c2ccccc2)c1. The summed E-state index contributed by atoms with van der Waals surface area (Å²) in [5.74, 6) is -1.47. The number of aryl methyl sites for hydroxylation is 3. The maximum absolute atomic E-state index is 13.4. The van der Waals surface area contributed by atoms with E-state index in [-0.39, 0.29) is 68.9 Å². The van der Waals surface area contributed by atoms with Gasteiger partial charge in [0.05, 0.1) is 19.6 Å². The standard InChI is InChI=1S/C25H27N3O4S.2C24H25N3O4S.C23H23N3O4S/c1-3-19-13-10-14-21(17-19)28(2)24(29)23(18-20-11-6-4-7-12-20)26-25(30)27-33(31,32)22-15-8-5-9-16-22;1-18-10-9-13-20(16-18)27(2)23(28)22(17-19-11-5-3-6-12-19)25-24(29)26-32(30,31)21-14-7-4-8-15-21;1-18-13-15-20(16-14-18)27(2)23(28)22(17-19-9-5-3-6-10-19)25-24(29)26-32(30,31)21-11-7-4-8-12-21;1-26(19-13-7-3-8-14-19)22(27)21(17-18-11-5-2-6-12-18)24-23(28)25-31(29,30)20-15-9-4-10-16-20/h4-17,23H,3,18H2,1-2H3,(H2,26,27,30);2*3-16,22H,17H2,1-2H3,(H2,25,26,29);2-16,21H,17H2,1H3,(H2,24,25,28)/t23-;2*22-;21-/m0000/s1. The number of nitrogens with zero attached hydrogens (tertiary/aromatic N) is 4. The van der Waals surface area contributed by atoms with E-state index in [1.54, 1.807) is 131 Å². The molecule has 12 aromatic rings. The molecule has 32 heteroatoms. The molecular formula is C96H100N12O16S4. The molecule has 12 rings (SSSR count). The van der Waals surface area contributed by atoms with Crippen molar-refractivity contribution >= 4 is 111 Å². The van der Waals surface area contributed by atoms with Crippen molar-refractivity contribution in [1.29, 1.82) is 0 Å². The zero-order chi connectivity index (χ0) is 92.4. The Hall–Kier alpha value is -14.6. The fraction of sp³-hybridized carbons (Fsp3) is 0.167. The van der Waals surface area contributed by atoms with Crippen molar-refractivity contribution in [2.75, 3.05) is 47.8 Å². The highest BCUT2D eigenvalue weighted by molar-refractivity contribution is 7.91. The number of urea groups is 4. The highest BCUT2D eigenvalue weighted by Gasteiger charge is 2.33. The summed E-state index contributed by atoms with van der Waals surface area (Å²) < 4.78 is 108. The van der Waals surface area contributed by atoms with E-state index < -0.39 is 88.4 Å². The number of nitrogens with one attached hydrogen (secondary N) is 8. The van der Waals surface area contributed by atoms with Gasteiger partial charge in [-0.2, -0.15) is 0 Å². The molecule has 0 heterocycles. The van der Waals surface area contributed by atoms with Gasteiger partial charge in [-0.05, 0) is 151 Å². The maximum Gasteiger partial charge on any atom is 0.329 e. The molecule has 8 N–H and O–H groups in total. The first-order valence-electron chi connectivity index (χ1n) is 40.3. The first-order valence-corrected chi connectivity index (χ1v) is 46.2. The summed E-state index contributed by atoms with van der Waals surface area (Å²) in [7, 11) is -9.79. The lowest BCUT2D eigenvalue weighted by molar-refractivity contribution is -0.120. The van der Waals surface area contributed by atoms with Gasteiger partial charge < -0.3 is 40.9 Å². The number of hydrogen-bond donors (Lipinski definition) is 8. The molecule has 0 aliphatic rings. The monoisotopic (exact) mass is 1800 g/mol. The predicted molar refractivity (Wildman–Crippen MR) is 495 cm³/mol. The Labute approximate surface area is 747 Å². The highest BCUT2D eigenvalue weighted by atomic mass is 32.2. The molecule has 0 aliphatic carbocycles. The molecule has 0 unspecified atom stereocenters. The van der Waals surface area contributed by atoms with Crippen LogP contribution >= 0.6 is 0 Å². The predicted octanol–water partition coefficient (Wildman–Crippen LogP) is 13.0. The van der Waals surface area contributed by atoms with Gasteiger partial charge in [-0.3, -0.25) is 19.2 Å². The van der Waals surface area contributed by atoms with Crippen molar-refractivity contribution in [3.63, 3.8) is 0 Å². The first-order chi connectivity index (χ1) is 61.2. The van der Waals surface area contributed by atoms with E-state index >= 15 is 0 Å². The van der Waals surface area contributed by atoms with E-state index in [0.29, 0.717) is 22.7 Å². The van der Waals surface area contributed by atoms with E-state index in [1.807, 2.05) is 234 Å². The molecule has 664 valence electrons. The third-order valence-corrected chi connectivity index (χ3v) is 25.0. The molecule has 0 radical (unpaired) electrons. The molecule has 0 aliphatic heterocycles. The number of amides is 12. The summed E-state index contributed by atoms with van der Waals surface area (Å²) in [6.07, 6.45) is 1.64. The average Bonchev–Trinajstić information content (AvgIpc) is 0.870. The van der Waals surface area contributed by atoms with Crippen molar-refractivity contribution < 1.29 is 72.0 Å². The summed E-state index contributed by atoms with van der Waals surface area (Å²) in [4.78, 5) is 109. The Morgan fingerprint density at radius 2 is 0.453 bits per heavy atom. The molecule has 0 bridgehead atoms. The van der Waals surface area contributed by atoms with E-state index in [2.05, 4.69) is 21.3 Å². The Kier molecular flexibility index (Phi) is 35.6. The van der Waals surface area contributed by atoms with Crippen molar-refractivity contribution in [1.82, 2.24) is 40.2 Å². The van der Waals surface area contributed by atoms with Crippen LogP contribution in [0.2, 0.25) is 0 Å². The quantitative estimate of drug-likeness (QED) is 0.0216. The number of carbonyl (C=O) groups excluding carboxylic acids is 8. The van der Waals surface area contributed by atoms with Gasteiger partial charge in [-0.1, -0.05) is 261 Å². The fourth-order valence-corrected chi connectivity index (χ4v) is 16.5. The van der Waals surface area contributed by atoms with Crippen LogP contribution in [0.3, 0.4) is 0 Å². The van der Waals surface area contributed by atoms with Crippen molar-refractivity contribution in [2.45, 2.75) is 96.6 Å². The molecule has 0 saturated carbocycles. The molecule has 0 aromatic heterocycles. The van der Waals surface area contributed by atoms with Crippen LogP contribution in [0.5, 0.6) is 0 Å². The molecule has 0 fully saturated rings. The lowest BCUT2D eigenvalue weighted by Crippen LogP contribution is -2.52. The zero-order valence-corrected chi connectivity index (χ0v) is 74.5. The van der Waals surface area contributed by atoms with Gasteiger partial charge in [0.15, 0.2) is 0 Å². The first kappa shape index (κ1) is 97.2. The Morgan fingerprint density at radius 1 is 0.242 bits per heavy atom. The minimum atomic E-state index is -4.07. The number of para-hydroxylation sites is 1. The van der Waals surface area contributed by atoms with Crippen LogP contribution in [-0.2, 0) is 91.4 Å². The number of anilines is 4. The number of carbonyl (C=O) groups is 8. The molecular weight excluding hydrogens is 1710 g/mol. The second-order valence-electron chi connectivity index (χ2n) is 29.2.